The van der Waals surface area contributed by atoms with Crippen LogP contribution in [0.25, 0.3) is 0 Å². The normalized spacial score (nSPS) is 25.0. The number of ether oxygens (including phenoxy) is 1. The second kappa shape index (κ2) is 7.25. The quantitative estimate of drug-likeness (QED) is 0.741. The minimum Gasteiger partial charge on any atom is -0.380 e. The minimum absolute atomic E-state index is 0.101. The molecule has 1 fully saturated rings. The number of hydrogen-bond donors (Lipinski definition) is 2. The fourth-order valence-electron chi connectivity index (χ4n) is 2.62. The van der Waals surface area contributed by atoms with Gasteiger partial charge in [0.2, 0.25) is 5.91 Å². The molecule has 2 N–H and O–H groups in total. The zero-order chi connectivity index (χ0) is 14.5. The van der Waals surface area contributed by atoms with E-state index in [1.54, 1.807) is 0 Å². The third-order valence-electron chi connectivity index (χ3n) is 4.37. The van der Waals surface area contributed by atoms with Gasteiger partial charge in [0.05, 0.1) is 18.1 Å². The van der Waals surface area contributed by atoms with Crippen LogP contribution in [-0.4, -0.2) is 38.3 Å². The van der Waals surface area contributed by atoms with Gasteiger partial charge in [-0.25, -0.2) is 0 Å². The van der Waals surface area contributed by atoms with E-state index in [1.807, 2.05) is 6.92 Å². The van der Waals surface area contributed by atoms with Crippen molar-refractivity contribution in [2.24, 2.45) is 17.3 Å². The van der Waals surface area contributed by atoms with Crippen molar-refractivity contribution < 1.29 is 9.53 Å². The van der Waals surface area contributed by atoms with Crippen LogP contribution in [0.3, 0.4) is 0 Å². The van der Waals surface area contributed by atoms with Gasteiger partial charge >= 0.3 is 0 Å². The number of rotatable bonds is 7. The molecule has 4 nitrogen and oxygen atoms in total. The van der Waals surface area contributed by atoms with Gasteiger partial charge in [0.25, 0.3) is 0 Å². The number of carbonyl (C=O) groups is 1. The van der Waals surface area contributed by atoms with E-state index in [2.05, 4.69) is 38.3 Å². The molecule has 1 aliphatic heterocycles. The fourth-order valence-corrected chi connectivity index (χ4v) is 2.62. The Morgan fingerprint density at radius 2 is 2.05 bits per heavy atom. The highest BCUT2D eigenvalue weighted by atomic mass is 16.5. The van der Waals surface area contributed by atoms with Gasteiger partial charge in [0.1, 0.15) is 0 Å². The Morgan fingerprint density at radius 3 is 2.47 bits per heavy atom. The fraction of sp³-hybridized carbons (Fsp3) is 0.933. The van der Waals surface area contributed by atoms with E-state index in [0.717, 1.165) is 19.5 Å². The Balaban J connectivity index is 2.69. The van der Waals surface area contributed by atoms with Crippen molar-refractivity contribution >= 4 is 5.91 Å². The molecule has 2 atom stereocenters. The van der Waals surface area contributed by atoms with E-state index in [1.165, 1.54) is 0 Å². The maximum absolute atomic E-state index is 12.7. The molecule has 0 spiro atoms. The van der Waals surface area contributed by atoms with Crippen molar-refractivity contribution in [3.8, 4) is 0 Å². The standard InChI is InChI=1S/C15H30N2O2/c1-6-19-9-13(11(2)3)17-14(18)15(12(4)5)7-8-16-10-15/h11-13,16H,6-10H2,1-5H3,(H,17,18). The number of amides is 1. The van der Waals surface area contributed by atoms with E-state index in [0.29, 0.717) is 25.0 Å². The van der Waals surface area contributed by atoms with Gasteiger partial charge in [-0.05, 0) is 31.7 Å². The van der Waals surface area contributed by atoms with Crippen LogP contribution in [0.5, 0.6) is 0 Å². The molecule has 1 heterocycles. The van der Waals surface area contributed by atoms with Crippen molar-refractivity contribution in [3.63, 3.8) is 0 Å². The molecular formula is C15H30N2O2. The molecule has 0 aliphatic carbocycles. The van der Waals surface area contributed by atoms with E-state index in [4.69, 9.17) is 4.74 Å². The molecule has 4 heteroatoms. The molecule has 0 aromatic rings. The SMILES string of the molecule is CCOCC(NC(=O)C1(C(C)C)CCNC1)C(C)C. The van der Waals surface area contributed by atoms with Gasteiger partial charge in [0, 0.05) is 13.2 Å². The lowest BCUT2D eigenvalue weighted by Gasteiger charge is -2.34. The van der Waals surface area contributed by atoms with Gasteiger partial charge < -0.3 is 15.4 Å². The third kappa shape index (κ3) is 3.93. The van der Waals surface area contributed by atoms with Crippen molar-refractivity contribution in [2.75, 3.05) is 26.3 Å². The zero-order valence-corrected chi connectivity index (χ0v) is 13.1. The molecule has 0 saturated carbocycles. The van der Waals surface area contributed by atoms with E-state index in [-0.39, 0.29) is 17.4 Å². The summed E-state index contributed by atoms with van der Waals surface area (Å²) in [6.07, 6.45) is 0.927. The largest absolute Gasteiger partial charge is 0.380 e. The van der Waals surface area contributed by atoms with Gasteiger partial charge in [-0.3, -0.25) is 4.79 Å². The molecule has 1 saturated heterocycles. The average molecular weight is 270 g/mol. The minimum atomic E-state index is -0.251. The summed E-state index contributed by atoms with van der Waals surface area (Å²) >= 11 is 0. The van der Waals surface area contributed by atoms with Gasteiger partial charge in [-0.1, -0.05) is 27.7 Å². The first-order valence-electron chi connectivity index (χ1n) is 7.53. The monoisotopic (exact) mass is 270 g/mol. The van der Waals surface area contributed by atoms with Crippen LogP contribution in [0.1, 0.15) is 41.0 Å². The molecule has 1 aliphatic rings. The van der Waals surface area contributed by atoms with Crippen molar-refractivity contribution in [1.29, 1.82) is 0 Å². The summed E-state index contributed by atoms with van der Waals surface area (Å²) in [5, 5.41) is 6.54. The molecule has 1 rings (SSSR count). The Morgan fingerprint density at radius 1 is 1.37 bits per heavy atom. The summed E-state index contributed by atoms with van der Waals surface area (Å²) in [6, 6.07) is 0.101. The second-order valence-electron chi connectivity index (χ2n) is 6.22. The van der Waals surface area contributed by atoms with Crippen molar-refractivity contribution in [2.45, 2.75) is 47.1 Å². The number of nitrogens with one attached hydrogen (secondary N) is 2. The first-order chi connectivity index (χ1) is 8.94. The molecule has 0 aromatic heterocycles. The maximum atomic E-state index is 12.7. The summed E-state index contributed by atoms with van der Waals surface area (Å²) in [5.74, 6) is 0.919. The summed E-state index contributed by atoms with van der Waals surface area (Å²) in [5.41, 5.74) is -0.251. The van der Waals surface area contributed by atoms with Crippen molar-refractivity contribution in [3.05, 3.63) is 0 Å². The molecule has 0 bridgehead atoms. The Kier molecular flexibility index (Phi) is 6.27. The van der Waals surface area contributed by atoms with E-state index in [9.17, 15) is 4.79 Å². The van der Waals surface area contributed by atoms with E-state index >= 15 is 0 Å². The summed E-state index contributed by atoms with van der Waals surface area (Å²) in [7, 11) is 0. The molecule has 0 radical (unpaired) electrons. The predicted octanol–water partition coefficient (Wildman–Crippen LogP) is 1.80. The Hall–Kier alpha value is -0.610. The number of hydrogen-bond acceptors (Lipinski definition) is 3. The van der Waals surface area contributed by atoms with Crippen LogP contribution < -0.4 is 10.6 Å². The average Bonchev–Trinajstić information content (AvgIpc) is 2.84. The van der Waals surface area contributed by atoms with E-state index < -0.39 is 0 Å². The molecule has 0 aromatic carbocycles. The van der Waals surface area contributed by atoms with Crippen LogP contribution in [0.4, 0.5) is 0 Å². The number of carbonyl (C=O) groups excluding carboxylic acids is 1. The smallest absolute Gasteiger partial charge is 0.228 e. The van der Waals surface area contributed by atoms with Crippen LogP contribution in [0.2, 0.25) is 0 Å². The van der Waals surface area contributed by atoms with Crippen LogP contribution >= 0.6 is 0 Å². The molecule has 112 valence electrons. The van der Waals surface area contributed by atoms with Gasteiger partial charge in [-0.2, -0.15) is 0 Å². The first kappa shape index (κ1) is 16.4. The third-order valence-corrected chi connectivity index (χ3v) is 4.37. The highest BCUT2D eigenvalue weighted by Crippen LogP contribution is 2.34. The molecular weight excluding hydrogens is 240 g/mol. The molecule has 1 amide bonds. The summed E-state index contributed by atoms with van der Waals surface area (Å²) in [6.45, 7) is 13.5. The Labute approximate surface area is 117 Å². The topological polar surface area (TPSA) is 50.4 Å². The second-order valence-corrected chi connectivity index (χ2v) is 6.22. The lowest BCUT2D eigenvalue weighted by atomic mass is 9.75. The first-order valence-corrected chi connectivity index (χ1v) is 7.53. The lowest BCUT2D eigenvalue weighted by Crippen LogP contribution is -2.52. The van der Waals surface area contributed by atoms with Crippen LogP contribution in [0, 0.1) is 17.3 Å². The predicted molar refractivity (Wildman–Crippen MR) is 78.0 cm³/mol. The van der Waals surface area contributed by atoms with Crippen LogP contribution in [0.15, 0.2) is 0 Å². The van der Waals surface area contributed by atoms with Gasteiger partial charge in [0.15, 0.2) is 0 Å². The lowest BCUT2D eigenvalue weighted by molar-refractivity contribution is -0.134. The maximum Gasteiger partial charge on any atom is 0.228 e. The zero-order valence-electron chi connectivity index (χ0n) is 13.1. The summed E-state index contributed by atoms with van der Waals surface area (Å²) in [4.78, 5) is 12.7. The highest BCUT2D eigenvalue weighted by molar-refractivity contribution is 5.84. The Bertz CT molecular complexity index is 284. The van der Waals surface area contributed by atoms with Gasteiger partial charge in [-0.15, -0.1) is 0 Å². The summed E-state index contributed by atoms with van der Waals surface area (Å²) < 4.78 is 5.48. The molecule has 19 heavy (non-hydrogen) atoms. The van der Waals surface area contributed by atoms with Crippen LogP contribution in [-0.2, 0) is 9.53 Å². The molecule has 2 unspecified atom stereocenters. The highest BCUT2D eigenvalue weighted by Gasteiger charge is 2.44. The van der Waals surface area contributed by atoms with Crippen molar-refractivity contribution in [1.82, 2.24) is 10.6 Å².